The van der Waals surface area contributed by atoms with E-state index < -0.39 is 0 Å². The van der Waals surface area contributed by atoms with Crippen LogP contribution in [0.15, 0.2) is 65.9 Å². The molecule has 0 fully saturated rings. The van der Waals surface area contributed by atoms with Crippen LogP contribution in [-0.4, -0.2) is 44.8 Å². The fraction of sp³-hybridized carbons (Fsp3) is 0.240. The summed E-state index contributed by atoms with van der Waals surface area (Å²) in [6.07, 6.45) is 3.38. The minimum absolute atomic E-state index is 0.255. The lowest BCUT2D eigenvalue weighted by atomic mass is 10.2. The van der Waals surface area contributed by atoms with E-state index in [0.717, 1.165) is 5.56 Å². The molecule has 0 aliphatic carbocycles. The number of nitrogens with zero attached hydrogens (tertiary/aromatic N) is 2. The van der Waals surface area contributed by atoms with Gasteiger partial charge in [0.1, 0.15) is 5.75 Å². The summed E-state index contributed by atoms with van der Waals surface area (Å²) in [5.74, 6) is 2.03. The number of aromatic nitrogens is 1. The van der Waals surface area contributed by atoms with Gasteiger partial charge in [0, 0.05) is 35.8 Å². The maximum absolute atomic E-state index is 12.9. The molecule has 0 atom stereocenters. The first kappa shape index (κ1) is 24.4. The molecule has 0 saturated carbocycles. The van der Waals surface area contributed by atoms with Crippen LogP contribution in [0.4, 0.5) is 5.69 Å². The number of carbonyl (C=O) groups excluding carboxylic acids is 1. The number of guanidine groups is 1. The second-order valence-electron chi connectivity index (χ2n) is 6.97. The maximum atomic E-state index is 12.9. The lowest BCUT2D eigenvalue weighted by Gasteiger charge is -2.16. The topological polar surface area (TPSA) is 103 Å². The van der Waals surface area contributed by atoms with Crippen LogP contribution in [0.3, 0.4) is 0 Å². The van der Waals surface area contributed by atoms with Crippen molar-refractivity contribution >= 4 is 17.6 Å². The van der Waals surface area contributed by atoms with Gasteiger partial charge in [-0.2, -0.15) is 0 Å². The van der Waals surface area contributed by atoms with Gasteiger partial charge >= 0.3 is 0 Å². The molecule has 3 aromatic rings. The molecule has 0 saturated heterocycles. The second kappa shape index (κ2) is 12.1. The lowest BCUT2D eigenvalue weighted by molar-refractivity contribution is 0.0977. The predicted octanol–water partition coefficient (Wildman–Crippen LogP) is 3.90. The molecule has 1 heterocycles. The van der Waals surface area contributed by atoms with Crippen molar-refractivity contribution in [3.05, 3.63) is 72.1 Å². The molecule has 2 aromatic carbocycles. The first-order valence-electron chi connectivity index (χ1n) is 10.6. The molecule has 0 radical (unpaired) electrons. The zero-order valence-corrected chi connectivity index (χ0v) is 19.6. The molecule has 9 heteroatoms. The van der Waals surface area contributed by atoms with E-state index in [2.05, 4.69) is 20.6 Å². The van der Waals surface area contributed by atoms with E-state index in [1.807, 2.05) is 19.1 Å². The van der Waals surface area contributed by atoms with Gasteiger partial charge in [0.05, 0.1) is 34.5 Å². The largest absolute Gasteiger partial charge is 0.494 e. The molecule has 178 valence electrons. The van der Waals surface area contributed by atoms with Crippen LogP contribution in [0.2, 0.25) is 0 Å². The van der Waals surface area contributed by atoms with Crippen molar-refractivity contribution < 1.29 is 23.7 Å². The number of pyridine rings is 1. The number of methoxy groups -OCH3 is 3. The number of benzene rings is 2. The van der Waals surface area contributed by atoms with Crippen LogP contribution < -0.4 is 29.6 Å². The SMILES string of the molecule is CCOc1ccc(C(=O)NC(=NCc2ccncc2)Nc2cc(OC)c(OC)c(OC)c2)cc1. The Balaban J connectivity index is 1.87. The van der Waals surface area contributed by atoms with Gasteiger partial charge < -0.3 is 24.3 Å². The van der Waals surface area contributed by atoms with Gasteiger partial charge in [-0.15, -0.1) is 0 Å². The first-order chi connectivity index (χ1) is 16.6. The van der Waals surface area contributed by atoms with Gasteiger partial charge in [0.2, 0.25) is 11.7 Å². The number of ether oxygens (including phenoxy) is 4. The van der Waals surface area contributed by atoms with E-state index in [4.69, 9.17) is 18.9 Å². The number of hydrogen-bond donors (Lipinski definition) is 2. The van der Waals surface area contributed by atoms with Crippen LogP contribution in [0.5, 0.6) is 23.0 Å². The minimum Gasteiger partial charge on any atom is -0.494 e. The van der Waals surface area contributed by atoms with Gasteiger partial charge in [-0.3, -0.25) is 15.1 Å². The summed E-state index contributed by atoms with van der Waals surface area (Å²) < 4.78 is 21.7. The van der Waals surface area contributed by atoms with Crippen LogP contribution in [0.1, 0.15) is 22.8 Å². The number of rotatable bonds is 9. The Bertz CT molecular complexity index is 1090. The fourth-order valence-corrected chi connectivity index (χ4v) is 3.11. The van der Waals surface area contributed by atoms with Crippen LogP contribution >= 0.6 is 0 Å². The third-order valence-corrected chi connectivity index (χ3v) is 4.76. The van der Waals surface area contributed by atoms with Crippen molar-refractivity contribution in [3.8, 4) is 23.0 Å². The van der Waals surface area contributed by atoms with Crippen molar-refractivity contribution in [2.75, 3.05) is 33.3 Å². The van der Waals surface area contributed by atoms with Crippen molar-refractivity contribution in [2.24, 2.45) is 4.99 Å². The zero-order valence-electron chi connectivity index (χ0n) is 19.6. The normalized spacial score (nSPS) is 10.9. The summed E-state index contributed by atoms with van der Waals surface area (Å²) in [5.41, 5.74) is 2.00. The monoisotopic (exact) mass is 464 g/mol. The fourth-order valence-electron chi connectivity index (χ4n) is 3.11. The van der Waals surface area contributed by atoms with Crippen LogP contribution in [0.25, 0.3) is 0 Å². The highest BCUT2D eigenvalue weighted by Gasteiger charge is 2.15. The summed E-state index contributed by atoms with van der Waals surface area (Å²) in [7, 11) is 4.60. The molecule has 0 unspecified atom stereocenters. The molecule has 3 rings (SSSR count). The summed E-state index contributed by atoms with van der Waals surface area (Å²) in [5, 5.41) is 5.98. The van der Waals surface area contributed by atoms with Gasteiger partial charge in [-0.1, -0.05) is 0 Å². The lowest BCUT2D eigenvalue weighted by Crippen LogP contribution is -2.36. The quantitative estimate of drug-likeness (QED) is 0.366. The number of carbonyl (C=O) groups is 1. The van der Waals surface area contributed by atoms with Gasteiger partial charge in [-0.05, 0) is 48.9 Å². The third-order valence-electron chi connectivity index (χ3n) is 4.76. The number of anilines is 1. The Morgan fingerprint density at radius 3 is 2.15 bits per heavy atom. The smallest absolute Gasteiger partial charge is 0.257 e. The zero-order chi connectivity index (χ0) is 24.3. The number of aliphatic imine (C=N–C) groups is 1. The average molecular weight is 465 g/mol. The molecule has 2 N–H and O–H groups in total. The second-order valence-corrected chi connectivity index (χ2v) is 6.97. The van der Waals surface area contributed by atoms with Crippen molar-refractivity contribution in [1.29, 1.82) is 0 Å². The van der Waals surface area contributed by atoms with Crippen molar-refractivity contribution in [3.63, 3.8) is 0 Å². The van der Waals surface area contributed by atoms with E-state index >= 15 is 0 Å². The van der Waals surface area contributed by atoms with Gasteiger partial charge in [0.25, 0.3) is 5.91 Å². The molecule has 1 aromatic heterocycles. The summed E-state index contributed by atoms with van der Waals surface area (Å²) in [4.78, 5) is 21.5. The average Bonchev–Trinajstić information content (AvgIpc) is 2.87. The molecule has 0 spiro atoms. The number of nitrogens with one attached hydrogen (secondary N) is 2. The molecular formula is C25H28N4O5. The highest BCUT2D eigenvalue weighted by molar-refractivity contribution is 6.10. The van der Waals surface area contributed by atoms with E-state index in [-0.39, 0.29) is 11.9 Å². The van der Waals surface area contributed by atoms with E-state index in [1.165, 1.54) is 21.3 Å². The Kier molecular flexibility index (Phi) is 8.67. The third kappa shape index (κ3) is 6.38. The highest BCUT2D eigenvalue weighted by atomic mass is 16.5. The minimum atomic E-state index is -0.323. The Hall–Kier alpha value is -4.27. The standard InChI is InChI=1S/C25H28N4O5/c1-5-34-20-8-6-18(7-9-20)24(30)29-25(27-16-17-10-12-26-13-11-17)28-19-14-21(31-2)23(33-4)22(15-19)32-3/h6-15H,5,16H2,1-4H3,(H2,27,28,29,30). The van der Waals surface area contributed by atoms with Crippen molar-refractivity contribution in [2.45, 2.75) is 13.5 Å². The van der Waals surface area contributed by atoms with Crippen LogP contribution in [0, 0.1) is 0 Å². The Morgan fingerprint density at radius 2 is 1.59 bits per heavy atom. The molecule has 9 nitrogen and oxygen atoms in total. The number of amides is 1. The Morgan fingerprint density at radius 1 is 0.941 bits per heavy atom. The molecule has 0 aliphatic heterocycles. The molecule has 0 bridgehead atoms. The number of hydrogen-bond acceptors (Lipinski definition) is 7. The molecule has 0 aliphatic rings. The van der Waals surface area contributed by atoms with Crippen LogP contribution in [-0.2, 0) is 6.54 Å². The van der Waals surface area contributed by atoms with Gasteiger partial charge in [-0.25, -0.2) is 4.99 Å². The predicted molar refractivity (Wildman–Crippen MR) is 130 cm³/mol. The highest BCUT2D eigenvalue weighted by Crippen LogP contribution is 2.39. The Labute approximate surface area is 198 Å². The van der Waals surface area contributed by atoms with Gasteiger partial charge in [0.15, 0.2) is 11.5 Å². The summed E-state index contributed by atoms with van der Waals surface area (Å²) in [6, 6.07) is 14.1. The van der Waals surface area contributed by atoms with Crippen molar-refractivity contribution in [1.82, 2.24) is 10.3 Å². The summed E-state index contributed by atoms with van der Waals surface area (Å²) in [6.45, 7) is 2.79. The molecule has 1 amide bonds. The molecule has 34 heavy (non-hydrogen) atoms. The first-order valence-corrected chi connectivity index (χ1v) is 10.6. The van der Waals surface area contributed by atoms with E-state index in [9.17, 15) is 4.79 Å². The van der Waals surface area contributed by atoms with E-state index in [0.29, 0.717) is 47.4 Å². The maximum Gasteiger partial charge on any atom is 0.257 e. The molecular weight excluding hydrogens is 436 g/mol. The van der Waals surface area contributed by atoms with E-state index in [1.54, 1.807) is 48.8 Å². The summed E-state index contributed by atoms with van der Waals surface area (Å²) >= 11 is 0.